The summed E-state index contributed by atoms with van der Waals surface area (Å²) in [7, 11) is 0. The van der Waals surface area contributed by atoms with Crippen LogP contribution < -0.4 is 5.32 Å². The molecule has 2 amide bonds. The van der Waals surface area contributed by atoms with Gasteiger partial charge in [-0.3, -0.25) is 0 Å². The molecule has 0 radical (unpaired) electrons. The second-order valence-corrected chi connectivity index (χ2v) is 6.55. The number of aromatic nitrogens is 2. The van der Waals surface area contributed by atoms with Crippen LogP contribution in [0.25, 0.3) is 0 Å². The fourth-order valence-corrected chi connectivity index (χ4v) is 3.91. The van der Waals surface area contributed by atoms with Crippen molar-refractivity contribution >= 4 is 6.03 Å². The van der Waals surface area contributed by atoms with E-state index in [0.717, 1.165) is 45.1 Å². The summed E-state index contributed by atoms with van der Waals surface area (Å²) in [6.45, 7) is 2.53. The zero-order valence-electron chi connectivity index (χ0n) is 12.8. The van der Waals surface area contributed by atoms with E-state index in [1.165, 1.54) is 0 Å². The normalized spacial score (nSPS) is 34.1. The summed E-state index contributed by atoms with van der Waals surface area (Å²) in [6, 6.07) is 0.0226. The lowest BCUT2D eigenvalue weighted by Crippen LogP contribution is -2.50. The number of hydrogen-bond acceptors (Lipinski definition) is 5. The van der Waals surface area contributed by atoms with Crippen LogP contribution in [0.1, 0.15) is 56.3 Å². The third kappa shape index (κ3) is 2.47. The molecule has 1 unspecified atom stereocenters. The van der Waals surface area contributed by atoms with Gasteiger partial charge in [-0.1, -0.05) is 5.16 Å². The van der Waals surface area contributed by atoms with E-state index in [9.17, 15) is 4.79 Å². The minimum Gasteiger partial charge on any atom is -0.373 e. The van der Waals surface area contributed by atoms with Crippen molar-refractivity contribution in [1.29, 1.82) is 0 Å². The van der Waals surface area contributed by atoms with Gasteiger partial charge in [-0.15, -0.1) is 0 Å². The predicted octanol–water partition coefficient (Wildman–Crippen LogP) is 1.93. The largest absolute Gasteiger partial charge is 0.373 e. The van der Waals surface area contributed by atoms with Crippen molar-refractivity contribution in [1.82, 2.24) is 20.4 Å². The van der Waals surface area contributed by atoms with Crippen LogP contribution in [0.3, 0.4) is 0 Å². The second kappa shape index (κ2) is 5.53. The van der Waals surface area contributed by atoms with E-state index in [1.807, 2.05) is 4.90 Å². The number of amides is 2. The highest BCUT2D eigenvalue weighted by atomic mass is 16.5. The molecule has 3 saturated heterocycles. The molecule has 0 aromatic carbocycles. The summed E-state index contributed by atoms with van der Waals surface area (Å²) in [5, 5.41) is 7.01. The van der Waals surface area contributed by atoms with Crippen molar-refractivity contribution in [3.63, 3.8) is 0 Å². The van der Waals surface area contributed by atoms with Gasteiger partial charge in [-0.05, 0) is 45.4 Å². The molecule has 0 saturated carbocycles. The fourth-order valence-electron chi connectivity index (χ4n) is 3.91. The molecule has 1 N–H and O–H groups in total. The summed E-state index contributed by atoms with van der Waals surface area (Å²) in [6.07, 6.45) is 6.63. The van der Waals surface area contributed by atoms with Crippen molar-refractivity contribution in [2.24, 2.45) is 0 Å². The van der Waals surface area contributed by atoms with Crippen molar-refractivity contribution in [3.05, 3.63) is 11.7 Å². The number of ether oxygens (including phenoxy) is 1. The zero-order chi connectivity index (χ0) is 15.1. The Labute approximate surface area is 129 Å². The van der Waals surface area contributed by atoms with E-state index >= 15 is 0 Å². The molecular weight excluding hydrogens is 284 g/mol. The summed E-state index contributed by atoms with van der Waals surface area (Å²) >= 11 is 0. The Morgan fingerprint density at radius 3 is 2.91 bits per heavy atom. The van der Waals surface area contributed by atoms with E-state index in [1.54, 1.807) is 6.92 Å². The summed E-state index contributed by atoms with van der Waals surface area (Å²) < 4.78 is 11.1. The number of fused-ring (bicyclic) bond motifs is 2. The Balaban J connectivity index is 1.45. The number of nitrogens with one attached hydrogen (secondary N) is 1. The number of carbonyl (C=O) groups excluding carboxylic acids is 1. The Hall–Kier alpha value is -1.63. The number of aryl methyl sites for hydroxylation is 1. The molecule has 4 heterocycles. The molecule has 1 aromatic heterocycles. The number of likely N-dealkylation sites (tertiary alicyclic amines) is 1. The van der Waals surface area contributed by atoms with Crippen LogP contribution in [0.15, 0.2) is 4.52 Å². The Morgan fingerprint density at radius 2 is 2.23 bits per heavy atom. The number of nitrogens with zero attached hydrogens (tertiary/aromatic N) is 3. The zero-order valence-corrected chi connectivity index (χ0v) is 12.8. The lowest BCUT2D eigenvalue weighted by Gasteiger charge is -2.34. The molecule has 120 valence electrons. The molecule has 4 rings (SSSR count). The van der Waals surface area contributed by atoms with Gasteiger partial charge >= 0.3 is 6.03 Å². The highest BCUT2D eigenvalue weighted by Crippen LogP contribution is 2.35. The third-order valence-electron chi connectivity index (χ3n) is 5.01. The molecule has 0 spiro atoms. The van der Waals surface area contributed by atoms with Crippen molar-refractivity contribution in [2.75, 3.05) is 6.54 Å². The summed E-state index contributed by atoms with van der Waals surface area (Å²) in [5.41, 5.74) is 0. The maximum atomic E-state index is 12.7. The maximum Gasteiger partial charge on any atom is 0.318 e. The molecule has 2 bridgehead atoms. The third-order valence-corrected chi connectivity index (χ3v) is 5.01. The van der Waals surface area contributed by atoms with Gasteiger partial charge in [-0.2, -0.15) is 4.98 Å². The molecule has 3 aliphatic heterocycles. The number of urea groups is 1. The summed E-state index contributed by atoms with van der Waals surface area (Å²) in [5.74, 6) is 1.17. The minimum absolute atomic E-state index is 0.0262. The topological polar surface area (TPSA) is 80.5 Å². The van der Waals surface area contributed by atoms with Crippen LogP contribution in [0.4, 0.5) is 4.79 Å². The quantitative estimate of drug-likeness (QED) is 0.903. The van der Waals surface area contributed by atoms with Crippen LogP contribution in [-0.2, 0) is 4.74 Å². The first-order chi connectivity index (χ1) is 10.7. The molecule has 1 aromatic rings. The highest BCUT2D eigenvalue weighted by molar-refractivity contribution is 5.75. The van der Waals surface area contributed by atoms with E-state index in [0.29, 0.717) is 17.8 Å². The van der Waals surface area contributed by atoms with Crippen LogP contribution in [0, 0.1) is 6.92 Å². The number of piperidine rings is 1. The van der Waals surface area contributed by atoms with Gasteiger partial charge in [0, 0.05) is 6.54 Å². The standard InChI is InChI=1S/C15H22N4O3/c1-9-16-14(22-18-9)12-4-2-3-7-19(12)15(20)17-11-8-10-5-6-13(11)21-10/h10-13H,2-8H2,1H3,(H,17,20)/t10-,11+,12?,13+/m0/s1. The van der Waals surface area contributed by atoms with Gasteiger partial charge in [0.25, 0.3) is 0 Å². The maximum absolute atomic E-state index is 12.7. The van der Waals surface area contributed by atoms with Gasteiger partial charge in [0.1, 0.15) is 6.04 Å². The number of hydrogen-bond donors (Lipinski definition) is 1. The van der Waals surface area contributed by atoms with E-state index < -0.39 is 0 Å². The van der Waals surface area contributed by atoms with E-state index in [4.69, 9.17) is 9.26 Å². The average Bonchev–Trinajstić information content (AvgIpc) is 3.24. The van der Waals surface area contributed by atoms with Crippen molar-refractivity contribution in [3.8, 4) is 0 Å². The molecule has 7 heteroatoms. The number of carbonyl (C=O) groups is 1. The highest BCUT2D eigenvalue weighted by Gasteiger charge is 2.42. The van der Waals surface area contributed by atoms with Crippen LogP contribution >= 0.6 is 0 Å². The molecule has 22 heavy (non-hydrogen) atoms. The van der Waals surface area contributed by atoms with E-state index in [2.05, 4.69) is 15.5 Å². The van der Waals surface area contributed by atoms with Crippen molar-refractivity contribution in [2.45, 2.75) is 69.7 Å². The molecule has 0 aliphatic carbocycles. The van der Waals surface area contributed by atoms with Crippen LogP contribution in [0.5, 0.6) is 0 Å². The smallest absolute Gasteiger partial charge is 0.318 e. The van der Waals surface area contributed by atoms with Gasteiger partial charge in [0.15, 0.2) is 5.82 Å². The Bertz CT molecular complexity index is 561. The first-order valence-electron chi connectivity index (χ1n) is 8.23. The Morgan fingerprint density at radius 1 is 1.32 bits per heavy atom. The number of rotatable bonds is 2. The minimum atomic E-state index is -0.102. The summed E-state index contributed by atoms with van der Waals surface area (Å²) in [4.78, 5) is 18.9. The van der Waals surface area contributed by atoms with Gasteiger partial charge in [-0.25, -0.2) is 4.79 Å². The molecule has 7 nitrogen and oxygen atoms in total. The monoisotopic (exact) mass is 306 g/mol. The average molecular weight is 306 g/mol. The van der Waals surface area contributed by atoms with Gasteiger partial charge in [0.2, 0.25) is 5.89 Å². The van der Waals surface area contributed by atoms with Crippen LogP contribution in [0.2, 0.25) is 0 Å². The SMILES string of the molecule is Cc1noc(C2CCCCN2C(=O)N[C@@H]2C[C@@H]3CC[C@H]2O3)n1. The van der Waals surface area contributed by atoms with Gasteiger partial charge in [0.05, 0.1) is 18.2 Å². The second-order valence-electron chi connectivity index (χ2n) is 6.55. The lowest BCUT2D eigenvalue weighted by atomic mass is 9.95. The molecule has 3 aliphatic rings. The van der Waals surface area contributed by atoms with Gasteiger partial charge < -0.3 is 19.5 Å². The van der Waals surface area contributed by atoms with Crippen molar-refractivity contribution < 1.29 is 14.1 Å². The lowest BCUT2D eigenvalue weighted by molar-refractivity contribution is 0.0937. The molecular formula is C15H22N4O3. The van der Waals surface area contributed by atoms with E-state index in [-0.39, 0.29) is 24.2 Å². The first-order valence-corrected chi connectivity index (χ1v) is 8.23. The first kappa shape index (κ1) is 14.0. The molecule has 4 atom stereocenters. The fraction of sp³-hybridized carbons (Fsp3) is 0.800. The van der Waals surface area contributed by atoms with Crippen LogP contribution in [-0.4, -0.2) is 45.9 Å². The molecule has 3 fully saturated rings. The predicted molar refractivity (Wildman–Crippen MR) is 77.2 cm³/mol. The Kier molecular flexibility index (Phi) is 3.52.